The number of benzene rings is 2. The van der Waals surface area contributed by atoms with Gasteiger partial charge in [-0.1, -0.05) is 30.3 Å². The average molecular weight is 458 g/mol. The number of para-hydroxylation sites is 1. The summed E-state index contributed by atoms with van der Waals surface area (Å²) in [5.74, 6) is 1.18. The lowest BCUT2D eigenvalue weighted by atomic mass is 10.1. The number of pyridine rings is 1. The van der Waals surface area contributed by atoms with E-state index in [0.717, 1.165) is 11.3 Å². The zero-order valence-corrected chi connectivity index (χ0v) is 19.4. The molecule has 1 N–H and O–H groups in total. The van der Waals surface area contributed by atoms with Gasteiger partial charge in [-0.3, -0.25) is 4.79 Å². The number of nitriles is 1. The van der Waals surface area contributed by atoms with E-state index < -0.39 is 0 Å². The summed E-state index contributed by atoms with van der Waals surface area (Å²) in [6, 6.07) is 19.4. The second-order valence-electron chi connectivity index (χ2n) is 7.36. The molecule has 4 aromatic rings. The quantitative estimate of drug-likeness (QED) is 0.413. The Labute approximate surface area is 196 Å². The van der Waals surface area contributed by atoms with Crippen LogP contribution in [0.15, 0.2) is 64.4 Å². The van der Waals surface area contributed by atoms with Gasteiger partial charge in [0.05, 0.1) is 23.9 Å². The van der Waals surface area contributed by atoms with E-state index in [0.29, 0.717) is 51.8 Å². The molecule has 33 heavy (non-hydrogen) atoms. The fourth-order valence-corrected chi connectivity index (χ4v) is 4.30. The number of ether oxygens (including phenoxy) is 1. The van der Waals surface area contributed by atoms with Crippen molar-refractivity contribution >= 4 is 28.6 Å². The zero-order chi connectivity index (χ0) is 23.4. The van der Waals surface area contributed by atoms with E-state index >= 15 is 0 Å². The number of anilines is 1. The lowest BCUT2D eigenvalue weighted by Gasteiger charge is -2.17. The van der Waals surface area contributed by atoms with Gasteiger partial charge < -0.3 is 10.1 Å². The maximum absolute atomic E-state index is 13.7. The Morgan fingerprint density at radius 3 is 2.64 bits per heavy atom. The van der Waals surface area contributed by atoms with Crippen LogP contribution in [0.4, 0.5) is 5.95 Å². The molecule has 0 fully saturated rings. The van der Waals surface area contributed by atoms with Gasteiger partial charge in [0, 0.05) is 6.54 Å². The Hall–Kier alpha value is -3.83. The number of hydrogen-bond donors (Lipinski definition) is 1. The van der Waals surface area contributed by atoms with Crippen LogP contribution in [0.1, 0.15) is 16.8 Å². The van der Waals surface area contributed by atoms with Crippen LogP contribution in [0.5, 0.6) is 5.75 Å². The predicted molar refractivity (Wildman–Crippen MR) is 132 cm³/mol. The molecule has 0 aliphatic carbocycles. The number of aryl methyl sites for hydroxylation is 1. The molecule has 0 saturated carbocycles. The molecule has 0 saturated heterocycles. The highest BCUT2D eigenvalue weighted by molar-refractivity contribution is 7.98. The summed E-state index contributed by atoms with van der Waals surface area (Å²) in [4.78, 5) is 22.9. The van der Waals surface area contributed by atoms with E-state index in [1.807, 2.05) is 60.9 Å². The molecule has 0 aliphatic rings. The van der Waals surface area contributed by atoms with Gasteiger partial charge in [-0.05, 0) is 49.4 Å². The molecule has 2 aromatic carbocycles. The Kier molecular flexibility index (Phi) is 6.61. The molecular formula is C25H23N5O2S. The molecule has 0 spiro atoms. The first-order valence-corrected chi connectivity index (χ1v) is 11.6. The SMILES string of the molecule is COc1cccc(CCNc2nc3c(C#N)c(SC)nc(C)c3c(=O)n2-c2ccccc2)c1. The number of nitrogens with zero attached hydrogens (tertiary/aromatic N) is 4. The first-order valence-electron chi connectivity index (χ1n) is 10.4. The van der Waals surface area contributed by atoms with Crippen molar-refractivity contribution in [1.29, 1.82) is 5.26 Å². The third-order valence-corrected chi connectivity index (χ3v) is 6.00. The van der Waals surface area contributed by atoms with E-state index in [-0.39, 0.29) is 5.56 Å². The third kappa shape index (κ3) is 4.41. The van der Waals surface area contributed by atoms with Crippen LogP contribution < -0.4 is 15.6 Å². The summed E-state index contributed by atoms with van der Waals surface area (Å²) < 4.78 is 6.85. The monoisotopic (exact) mass is 457 g/mol. The molecule has 2 aromatic heterocycles. The van der Waals surface area contributed by atoms with E-state index in [4.69, 9.17) is 9.72 Å². The van der Waals surface area contributed by atoms with E-state index in [1.54, 1.807) is 18.6 Å². The highest BCUT2D eigenvalue weighted by atomic mass is 32.2. The summed E-state index contributed by atoms with van der Waals surface area (Å²) in [5.41, 5.74) is 2.76. The Morgan fingerprint density at radius 2 is 1.94 bits per heavy atom. The number of aromatic nitrogens is 3. The van der Waals surface area contributed by atoms with Gasteiger partial charge in [-0.15, -0.1) is 11.8 Å². The fourth-order valence-electron chi connectivity index (χ4n) is 3.72. The maximum Gasteiger partial charge on any atom is 0.269 e. The van der Waals surface area contributed by atoms with Crippen molar-refractivity contribution in [2.24, 2.45) is 0 Å². The molecule has 0 bridgehead atoms. The lowest BCUT2D eigenvalue weighted by molar-refractivity contribution is 0.414. The van der Waals surface area contributed by atoms with Crippen molar-refractivity contribution in [1.82, 2.24) is 14.5 Å². The second-order valence-corrected chi connectivity index (χ2v) is 8.15. The molecule has 0 amide bonds. The summed E-state index contributed by atoms with van der Waals surface area (Å²) >= 11 is 1.37. The molecular weight excluding hydrogens is 434 g/mol. The van der Waals surface area contributed by atoms with Crippen LogP contribution in [-0.2, 0) is 6.42 Å². The number of rotatable bonds is 7. The number of fused-ring (bicyclic) bond motifs is 1. The minimum absolute atomic E-state index is 0.260. The van der Waals surface area contributed by atoms with Crippen molar-refractivity contribution in [3.63, 3.8) is 0 Å². The molecule has 8 heteroatoms. The van der Waals surface area contributed by atoms with Crippen molar-refractivity contribution in [3.8, 4) is 17.5 Å². The fraction of sp³-hybridized carbons (Fsp3) is 0.200. The topological polar surface area (TPSA) is 92.8 Å². The van der Waals surface area contributed by atoms with Crippen LogP contribution in [0, 0.1) is 18.3 Å². The Bertz CT molecular complexity index is 1410. The average Bonchev–Trinajstić information content (AvgIpc) is 2.84. The summed E-state index contributed by atoms with van der Waals surface area (Å²) in [5, 5.41) is 14.0. The van der Waals surface area contributed by atoms with Crippen LogP contribution >= 0.6 is 11.8 Å². The zero-order valence-electron chi connectivity index (χ0n) is 18.6. The van der Waals surface area contributed by atoms with Gasteiger partial charge in [-0.25, -0.2) is 14.5 Å². The highest BCUT2D eigenvalue weighted by Gasteiger charge is 2.20. The molecule has 0 unspecified atom stereocenters. The van der Waals surface area contributed by atoms with Gasteiger partial charge >= 0.3 is 0 Å². The molecule has 0 radical (unpaired) electrons. The van der Waals surface area contributed by atoms with Crippen LogP contribution in [0.2, 0.25) is 0 Å². The lowest BCUT2D eigenvalue weighted by Crippen LogP contribution is -2.26. The van der Waals surface area contributed by atoms with Crippen LogP contribution in [0.25, 0.3) is 16.6 Å². The summed E-state index contributed by atoms with van der Waals surface area (Å²) in [6.07, 6.45) is 2.56. The minimum atomic E-state index is -0.260. The number of thioether (sulfide) groups is 1. The van der Waals surface area contributed by atoms with Gasteiger partial charge in [0.1, 0.15) is 27.9 Å². The van der Waals surface area contributed by atoms with Crippen molar-refractivity contribution in [2.75, 3.05) is 25.2 Å². The smallest absolute Gasteiger partial charge is 0.269 e. The Morgan fingerprint density at radius 1 is 1.15 bits per heavy atom. The van der Waals surface area contributed by atoms with Crippen LogP contribution in [-0.4, -0.2) is 34.4 Å². The molecule has 2 heterocycles. The van der Waals surface area contributed by atoms with Crippen molar-refractivity contribution in [2.45, 2.75) is 18.4 Å². The summed E-state index contributed by atoms with van der Waals surface area (Å²) in [7, 11) is 1.64. The van der Waals surface area contributed by atoms with Gasteiger partial charge in [0.25, 0.3) is 5.56 Å². The molecule has 7 nitrogen and oxygen atoms in total. The standard InChI is InChI=1S/C25H23N5O2S/c1-16-21-22(20(15-26)23(28-16)33-3)29-25(30(24(21)31)18-9-5-4-6-10-18)27-13-12-17-8-7-11-19(14-17)32-2/h4-11,14H,12-13H2,1-3H3,(H,27,29). The molecule has 0 aliphatic heterocycles. The normalized spacial score (nSPS) is 10.7. The molecule has 4 rings (SSSR count). The van der Waals surface area contributed by atoms with Gasteiger partial charge in [0.15, 0.2) is 0 Å². The highest BCUT2D eigenvalue weighted by Crippen LogP contribution is 2.27. The van der Waals surface area contributed by atoms with E-state index in [9.17, 15) is 10.1 Å². The maximum atomic E-state index is 13.7. The number of methoxy groups -OCH3 is 1. The molecule has 166 valence electrons. The third-order valence-electron chi connectivity index (χ3n) is 5.32. The predicted octanol–water partition coefficient (Wildman–Crippen LogP) is 4.35. The largest absolute Gasteiger partial charge is 0.497 e. The number of hydrogen-bond acceptors (Lipinski definition) is 7. The van der Waals surface area contributed by atoms with E-state index in [1.165, 1.54) is 11.8 Å². The second kappa shape index (κ2) is 9.76. The van der Waals surface area contributed by atoms with Crippen LogP contribution in [0.3, 0.4) is 0 Å². The Balaban J connectivity index is 1.84. The van der Waals surface area contributed by atoms with E-state index in [2.05, 4.69) is 16.4 Å². The number of nitrogens with one attached hydrogen (secondary N) is 1. The first kappa shape index (κ1) is 22.4. The summed E-state index contributed by atoms with van der Waals surface area (Å²) in [6.45, 7) is 2.32. The van der Waals surface area contributed by atoms with Crippen molar-refractivity contribution < 1.29 is 4.74 Å². The first-order chi connectivity index (χ1) is 16.1. The van der Waals surface area contributed by atoms with Gasteiger partial charge in [0.2, 0.25) is 5.95 Å². The minimum Gasteiger partial charge on any atom is -0.497 e. The van der Waals surface area contributed by atoms with Crippen molar-refractivity contribution in [3.05, 3.63) is 81.8 Å². The van der Waals surface area contributed by atoms with Gasteiger partial charge in [-0.2, -0.15) is 5.26 Å². The molecule has 0 atom stereocenters.